The van der Waals surface area contributed by atoms with Gasteiger partial charge >= 0.3 is 0 Å². The van der Waals surface area contributed by atoms with Crippen LogP contribution in [0.5, 0.6) is 0 Å². The fourth-order valence-electron chi connectivity index (χ4n) is 2.57. The lowest BCUT2D eigenvalue weighted by Crippen LogP contribution is -2.21. The van der Waals surface area contributed by atoms with Gasteiger partial charge in [-0.1, -0.05) is 19.1 Å². The lowest BCUT2D eigenvalue weighted by atomic mass is 10.0. The van der Waals surface area contributed by atoms with Crippen LogP contribution in [0.15, 0.2) is 30.5 Å². The summed E-state index contributed by atoms with van der Waals surface area (Å²) in [7, 11) is 0. The Bertz CT molecular complexity index is 592. The van der Waals surface area contributed by atoms with Gasteiger partial charge in [-0.05, 0) is 43.4 Å². The number of rotatable bonds is 7. The van der Waals surface area contributed by atoms with Crippen LogP contribution in [0.1, 0.15) is 38.2 Å². The van der Waals surface area contributed by atoms with Gasteiger partial charge < -0.3 is 10.3 Å². The number of aryl methyl sites for hydroxylation is 1. The molecule has 2 rings (SSSR count). The van der Waals surface area contributed by atoms with Crippen molar-refractivity contribution in [3.8, 4) is 6.07 Å². The van der Waals surface area contributed by atoms with Crippen molar-refractivity contribution in [1.29, 1.82) is 5.26 Å². The van der Waals surface area contributed by atoms with E-state index in [1.54, 1.807) is 0 Å². The van der Waals surface area contributed by atoms with E-state index in [9.17, 15) is 0 Å². The number of hydrogen-bond donors (Lipinski definition) is 1. The van der Waals surface area contributed by atoms with Crippen LogP contribution in [0.3, 0.4) is 0 Å². The van der Waals surface area contributed by atoms with Crippen LogP contribution < -0.4 is 5.73 Å². The smallest absolute Gasteiger partial charge is 0.0621 e. The molecule has 3 heteroatoms. The highest BCUT2D eigenvalue weighted by atomic mass is 14.9. The van der Waals surface area contributed by atoms with Gasteiger partial charge in [0.2, 0.25) is 0 Å². The maximum atomic E-state index is 8.57. The highest BCUT2D eigenvalue weighted by Crippen LogP contribution is 2.22. The summed E-state index contributed by atoms with van der Waals surface area (Å²) in [5, 5.41) is 9.89. The Labute approximate surface area is 121 Å². The average Bonchev–Trinajstić information content (AvgIpc) is 2.88. The summed E-state index contributed by atoms with van der Waals surface area (Å²) in [4.78, 5) is 0. The molecular weight excluding hydrogens is 246 g/mol. The van der Waals surface area contributed by atoms with Gasteiger partial charge in [0.15, 0.2) is 0 Å². The molecule has 0 aliphatic rings. The molecule has 0 spiro atoms. The van der Waals surface area contributed by atoms with E-state index in [-0.39, 0.29) is 6.04 Å². The molecular formula is C17H23N3. The van der Waals surface area contributed by atoms with Crippen LogP contribution in [0.4, 0.5) is 0 Å². The summed E-state index contributed by atoms with van der Waals surface area (Å²) in [5.41, 5.74) is 8.70. The third kappa shape index (κ3) is 3.40. The van der Waals surface area contributed by atoms with E-state index in [1.165, 1.54) is 16.5 Å². The first-order chi connectivity index (χ1) is 9.76. The minimum absolute atomic E-state index is 0.236. The van der Waals surface area contributed by atoms with Crippen molar-refractivity contribution in [3.05, 3.63) is 36.0 Å². The van der Waals surface area contributed by atoms with Crippen molar-refractivity contribution in [2.75, 3.05) is 0 Å². The van der Waals surface area contributed by atoms with Gasteiger partial charge in [-0.3, -0.25) is 0 Å². The minimum Gasteiger partial charge on any atom is -0.347 e. The predicted octanol–water partition coefficient (Wildman–Crippen LogP) is 3.61. The number of benzene rings is 1. The fourth-order valence-corrected chi connectivity index (χ4v) is 2.57. The normalized spacial score (nSPS) is 12.4. The molecule has 0 saturated heterocycles. The second-order valence-electron chi connectivity index (χ2n) is 5.35. The van der Waals surface area contributed by atoms with Gasteiger partial charge in [0.25, 0.3) is 0 Å². The molecule has 0 radical (unpaired) electrons. The average molecular weight is 269 g/mol. The molecule has 0 aliphatic heterocycles. The first kappa shape index (κ1) is 14.6. The highest BCUT2D eigenvalue weighted by molar-refractivity contribution is 5.83. The van der Waals surface area contributed by atoms with Crippen molar-refractivity contribution in [2.45, 2.75) is 51.6 Å². The molecule has 0 bridgehead atoms. The third-order valence-corrected chi connectivity index (χ3v) is 3.85. The molecule has 1 atom stereocenters. The monoisotopic (exact) mass is 269 g/mol. The SMILES string of the molecule is CCC(N)Cc1cccc2c1ccn2CCCCC#N. The number of unbranched alkanes of at least 4 members (excludes halogenated alkanes) is 2. The van der Waals surface area contributed by atoms with E-state index < -0.39 is 0 Å². The zero-order valence-corrected chi connectivity index (χ0v) is 12.2. The topological polar surface area (TPSA) is 54.7 Å². The van der Waals surface area contributed by atoms with Crippen molar-refractivity contribution >= 4 is 10.9 Å². The molecule has 0 aliphatic carbocycles. The molecule has 2 aromatic rings. The quantitative estimate of drug-likeness (QED) is 0.781. The minimum atomic E-state index is 0.236. The van der Waals surface area contributed by atoms with Gasteiger partial charge in [-0.25, -0.2) is 0 Å². The van der Waals surface area contributed by atoms with Crippen LogP contribution in [0, 0.1) is 11.3 Å². The van der Waals surface area contributed by atoms with E-state index in [0.29, 0.717) is 6.42 Å². The summed E-state index contributed by atoms with van der Waals surface area (Å²) in [6.07, 6.45) is 6.76. The van der Waals surface area contributed by atoms with Crippen LogP contribution in [0.2, 0.25) is 0 Å². The van der Waals surface area contributed by atoms with E-state index in [4.69, 9.17) is 11.0 Å². The van der Waals surface area contributed by atoms with Gasteiger partial charge in [0.1, 0.15) is 0 Å². The van der Waals surface area contributed by atoms with E-state index in [1.807, 2.05) is 0 Å². The fraction of sp³-hybridized carbons (Fsp3) is 0.471. The number of hydrogen-bond acceptors (Lipinski definition) is 2. The Balaban J connectivity index is 2.15. The summed E-state index contributed by atoms with van der Waals surface area (Å²) >= 11 is 0. The molecule has 1 unspecified atom stereocenters. The largest absolute Gasteiger partial charge is 0.347 e. The van der Waals surface area contributed by atoms with Crippen LogP contribution in [-0.2, 0) is 13.0 Å². The standard InChI is InChI=1S/C17H23N3/c1-2-15(19)13-14-7-6-8-17-16(14)9-12-20(17)11-5-3-4-10-18/h6-9,12,15H,2-5,11,13,19H2,1H3. The highest BCUT2D eigenvalue weighted by Gasteiger charge is 2.08. The van der Waals surface area contributed by atoms with Gasteiger partial charge in [-0.2, -0.15) is 5.26 Å². The predicted molar refractivity (Wildman–Crippen MR) is 83.4 cm³/mol. The van der Waals surface area contributed by atoms with Crippen molar-refractivity contribution in [2.24, 2.45) is 5.73 Å². The Morgan fingerprint density at radius 3 is 2.90 bits per heavy atom. The number of nitriles is 1. The maximum absolute atomic E-state index is 8.57. The Morgan fingerprint density at radius 1 is 1.30 bits per heavy atom. The van der Waals surface area contributed by atoms with Crippen molar-refractivity contribution < 1.29 is 0 Å². The zero-order chi connectivity index (χ0) is 14.4. The number of nitrogens with zero attached hydrogens (tertiary/aromatic N) is 2. The Morgan fingerprint density at radius 2 is 2.15 bits per heavy atom. The maximum Gasteiger partial charge on any atom is 0.0621 e. The number of nitrogens with two attached hydrogens (primary N) is 1. The Kier molecular flexibility index (Phi) is 5.20. The first-order valence-electron chi connectivity index (χ1n) is 7.45. The second-order valence-corrected chi connectivity index (χ2v) is 5.35. The summed E-state index contributed by atoms with van der Waals surface area (Å²) in [6.45, 7) is 3.11. The summed E-state index contributed by atoms with van der Waals surface area (Å²) < 4.78 is 2.29. The molecule has 3 nitrogen and oxygen atoms in total. The molecule has 1 aromatic carbocycles. The third-order valence-electron chi connectivity index (χ3n) is 3.85. The first-order valence-corrected chi connectivity index (χ1v) is 7.45. The molecule has 106 valence electrons. The lowest BCUT2D eigenvalue weighted by molar-refractivity contribution is 0.632. The number of fused-ring (bicyclic) bond motifs is 1. The van der Waals surface area contributed by atoms with Crippen molar-refractivity contribution in [3.63, 3.8) is 0 Å². The van der Waals surface area contributed by atoms with Crippen LogP contribution in [-0.4, -0.2) is 10.6 Å². The molecule has 0 amide bonds. The van der Waals surface area contributed by atoms with Crippen LogP contribution >= 0.6 is 0 Å². The lowest BCUT2D eigenvalue weighted by Gasteiger charge is -2.10. The second kappa shape index (κ2) is 7.12. The van der Waals surface area contributed by atoms with E-state index in [2.05, 4.69) is 48.0 Å². The summed E-state index contributed by atoms with van der Waals surface area (Å²) in [6, 6.07) is 11.1. The molecule has 0 saturated carbocycles. The van der Waals surface area contributed by atoms with Gasteiger partial charge in [0, 0.05) is 36.1 Å². The summed E-state index contributed by atoms with van der Waals surface area (Å²) in [5.74, 6) is 0. The molecule has 20 heavy (non-hydrogen) atoms. The van der Waals surface area contributed by atoms with Crippen molar-refractivity contribution in [1.82, 2.24) is 4.57 Å². The molecule has 1 aromatic heterocycles. The van der Waals surface area contributed by atoms with E-state index >= 15 is 0 Å². The molecule has 1 heterocycles. The molecule has 0 fully saturated rings. The number of aromatic nitrogens is 1. The van der Waals surface area contributed by atoms with Gasteiger partial charge in [-0.15, -0.1) is 0 Å². The van der Waals surface area contributed by atoms with E-state index in [0.717, 1.165) is 32.2 Å². The van der Waals surface area contributed by atoms with Crippen LogP contribution in [0.25, 0.3) is 10.9 Å². The van der Waals surface area contributed by atoms with Gasteiger partial charge in [0.05, 0.1) is 6.07 Å². The molecule has 2 N–H and O–H groups in total. The zero-order valence-electron chi connectivity index (χ0n) is 12.2. The Hall–Kier alpha value is -1.79.